The van der Waals surface area contributed by atoms with E-state index < -0.39 is 29.9 Å². The molecule has 2 atom stereocenters. The molecule has 1 aliphatic heterocycles. The third-order valence-electron chi connectivity index (χ3n) is 2.77. The molecule has 0 spiro atoms. The number of rotatable bonds is 3. The Bertz CT molecular complexity index is 336. The zero-order valence-corrected chi connectivity index (χ0v) is 12.3. The Hall–Kier alpha value is -1.30. The molecule has 110 valence electrons. The second-order valence-corrected chi connectivity index (χ2v) is 5.42. The average Bonchev–Trinajstić information content (AvgIpc) is 2.70. The van der Waals surface area contributed by atoms with Gasteiger partial charge in [-0.05, 0) is 40.5 Å². The molecule has 0 aromatic carbocycles. The van der Waals surface area contributed by atoms with E-state index in [9.17, 15) is 9.59 Å². The molecule has 0 radical (unpaired) electrons. The standard InChI is InChI=1S/C13H23NO5/c1-6-18-11(15)9-7-8-10(17-5)14(9)12(16)19-13(2,3)4/h9-10H,6-8H2,1-5H3. The minimum absolute atomic E-state index is 0.287. The van der Waals surface area contributed by atoms with Crippen LogP contribution >= 0.6 is 0 Å². The lowest BCUT2D eigenvalue weighted by Crippen LogP contribution is -2.48. The minimum atomic E-state index is -0.625. The number of nitrogens with zero attached hydrogens (tertiary/aromatic N) is 1. The largest absolute Gasteiger partial charge is 0.464 e. The molecule has 6 heteroatoms. The highest BCUT2D eigenvalue weighted by Crippen LogP contribution is 2.27. The van der Waals surface area contributed by atoms with Gasteiger partial charge in [0.15, 0.2) is 0 Å². The molecule has 1 saturated heterocycles. The van der Waals surface area contributed by atoms with E-state index in [-0.39, 0.29) is 6.61 Å². The van der Waals surface area contributed by atoms with E-state index in [1.165, 1.54) is 12.0 Å². The average molecular weight is 273 g/mol. The highest BCUT2D eigenvalue weighted by molar-refractivity contribution is 5.82. The Kier molecular flexibility index (Phi) is 5.17. The molecule has 1 rings (SSSR count). The van der Waals surface area contributed by atoms with Gasteiger partial charge in [-0.25, -0.2) is 9.59 Å². The van der Waals surface area contributed by atoms with Crippen LogP contribution in [0.5, 0.6) is 0 Å². The molecule has 0 aromatic heterocycles. The van der Waals surface area contributed by atoms with Crippen molar-refractivity contribution in [2.75, 3.05) is 13.7 Å². The first-order chi connectivity index (χ1) is 8.80. The van der Waals surface area contributed by atoms with Gasteiger partial charge in [-0.15, -0.1) is 0 Å². The predicted molar refractivity (Wildman–Crippen MR) is 68.5 cm³/mol. The number of esters is 1. The Balaban J connectivity index is 2.82. The normalized spacial score (nSPS) is 23.3. The van der Waals surface area contributed by atoms with Gasteiger partial charge in [0.1, 0.15) is 17.9 Å². The third kappa shape index (κ3) is 4.09. The van der Waals surface area contributed by atoms with E-state index in [4.69, 9.17) is 14.2 Å². The summed E-state index contributed by atoms with van der Waals surface area (Å²) in [5.74, 6) is -0.409. The molecule has 2 unspecified atom stereocenters. The zero-order valence-electron chi connectivity index (χ0n) is 12.3. The summed E-state index contributed by atoms with van der Waals surface area (Å²) in [5, 5.41) is 0. The number of likely N-dealkylation sites (tertiary alicyclic amines) is 1. The Labute approximate surface area is 114 Å². The van der Waals surface area contributed by atoms with E-state index in [0.717, 1.165) is 0 Å². The van der Waals surface area contributed by atoms with Crippen LogP contribution in [0.2, 0.25) is 0 Å². The number of hydrogen-bond acceptors (Lipinski definition) is 5. The first-order valence-corrected chi connectivity index (χ1v) is 6.51. The van der Waals surface area contributed by atoms with Crippen molar-refractivity contribution in [2.45, 2.75) is 58.4 Å². The van der Waals surface area contributed by atoms with Crippen LogP contribution in [0, 0.1) is 0 Å². The van der Waals surface area contributed by atoms with Gasteiger partial charge < -0.3 is 14.2 Å². The molecule has 19 heavy (non-hydrogen) atoms. The number of amides is 1. The molecule has 0 aliphatic carbocycles. The molecule has 1 aliphatic rings. The highest BCUT2D eigenvalue weighted by Gasteiger charge is 2.43. The lowest BCUT2D eigenvalue weighted by atomic mass is 10.2. The summed E-state index contributed by atoms with van der Waals surface area (Å²) < 4.78 is 15.5. The van der Waals surface area contributed by atoms with Crippen molar-refractivity contribution in [3.63, 3.8) is 0 Å². The Morgan fingerprint density at radius 2 is 1.89 bits per heavy atom. The van der Waals surface area contributed by atoms with E-state index in [1.54, 1.807) is 27.7 Å². The molecule has 0 saturated carbocycles. The van der Waals surface area contributed by atoms with Gasteiger partial charge in [-0.2, -0.15) is 0 Å². The first kappa shape index (κ1) is 15.8. The number of methoxy groups -OCH3 is 1. The van der Waals surface area contributed by atoms with Crippen LogP contribution in [0.4, 0.5) is 4.79 Å². The quantitative estimate of drug-likeness (QED) is 0.735. The van der Waals surface area contributed by atoms with Crippen molar-refractivity contribution in [3.8, 4) is 0 Å². The Morgan fingerprint density at radius 3 is 2.37 bits per heavy atom. The van der Waals surface area contributed by atoms with Crippen LogP contribution < -0.4 is 0 Å². The lowest BCUT2D eigenvalue weighted by molar-refractivity contribution is -0.150. The van der Waals surface area contributed by atoms with Crippen molar-refractivity contribution in [2.24, 2.45) is 0 Å². The Morgan fingerprint density at radius 1 is 1.26 bits per heavy atom. The van der Waals surface area contributed by atoms with Gasteiger partial charge in [0.05, 0.1) is 6.61 Å². The van der Waals surface area contributed by atoms with Crippen LogP contribution in [0.25, 0.3) is 0 Å². The number of ether oxygens (including phenoxy) is 3. The zero-order chi connectivity index (χ0) is 14.6. The number of hydrogen-bond donors (Lipinski definition) is 0. The van der Waals surface area contributed by atoms with Crippen LogP contribution in [0.15, 0.2) is 0 Å². The maximum Gasteiger partial charge on any atom is 0.413 e. The highest BCUT2D eigenvalue weighted by atomic mass is 16.6. The van der Waals surface area contributed by atoms with Gasteiger partial charge >= 0.3 is 12.1 Å². The fourth-order valence-electron chi connectivity index (χ4n) is 2.04. The van der Waals surface area contributed by atoms with Crippen LogP contribution in [0.1, 0.15) is 40.5 Å². The van der Waals surface area contributed by atoms with E-state index in [2.05, 4.69) is 0 Å². The SMILES string of the molecule is CCOC(=O)C1CCC(OC)N1C(=O)OC(C)(C)C. The molecule has 0 N–H and O–H groups in total. The van der Waals surface area contributed by atoms with Crippen LogP contribution in [0.3, 0.4) is 0 Å². The summed E-state index contributed by atoms with van der Waals surface area (Å²) in [5.41, 5.74) is -0.614. The molecule has 1 heterocycles. The summed E-state index contributed by atoms with van der Waals surface area (Å²) in [6.45, 7) is 7.36. The summed E-state index contributed by atoms with van der Waals surface area (Å²) in [6.07, 6.45) is 0.134. The van der Waals surface area contributed by atoms with Crippen molar-refractivity contribution in [1.29, 1.82) is 0 Å². The van der Waals surface area contributed by atoms with Crippen molar-refractivity contribution in [1.82, 2.24) is 4.90 Å². The topological polar surface area (TPSA) is 65.1 Å². The summed E-state index contributed by atoms with van der Waals surface area (Å²) >= 11 is 0. The first-order valence-electron chi connectivity index (χ1n) is 6.51. The number of carbonyl (C=O) groups is 2. The molecule has 1 amide bonds. The van der Waals surface area contributed by atoms with Gasteiger partial charge in [0, 0.05) is 7.11 Å². The summed E-state index contributed by atoms with van der Waals surface area (Å²) in [6, 6.07) is -0.625. The fourth-order valence-corrected chi connectivity index (χ4v) is 2.04. The third-order valence-corrected chi connectivity index (χ3v) is 2.77. The maximum absolute atomic E-state index is 12.2. The van der Waals surface area contributed by atoms with Crippen molar-refractivity contribution >= 4 is 12.1 Å². The minimum Gasteiger partial charge on any atom is -0.464 e. The molecule has 6 nitrogen and oxygen atoms in total. The molecule has 0 bridgehead atoms. The smallest absolute Gasteiger partial charge is 0.413 e. The van der Waals surface area contributed by atoms with Crippen molar-refractivity contribution in [3.05, 3.63) is 0 Å². The van der Waals surface area contributed by atoms with Gasteiger partial charge in [0.2, 0.25) is 0 Å². The fraction of sp³-hybridized carbons (Fsp3) is 0.846. The number of carbonyl (C=O) groups excluding carboxylic acids is 2. The molecule has 0 aromatic rings. The predicted octanol–water partition coefficient (Wildman–Crippen LogP) is 1.92. The summed E-state index contributed by atoms with van der Waals surface area (Å²) in [7, 11) is 1.51. The van der Waals surface area contributed by atoms with E-state index in [0.29, 0.717) is 12.8 Å². The van der Waals surface area contributed by atoms with Crippen LogP contribution in [-0.2, 0) is 19.0 Å². The summed E-state index contributed by atoms with van der Waals surface area (Å²) in [4.78, 5) is 25.4. The van der Waals surface area contributed by atoms with Gasteiger partial charge in [-0.1, -0.05) is 0 Å². The van der Waals surface area contributed by atoms with Gasteiger partial charge in [0.25, 0.3) is 0 Å². The lowest BCUT2D eigenvalue weighted by Gasteiger charge is -2.30. The monoisotopic (exact) mass is 273 g/mol. The van der Waals surface area contributed by atoms with E-state index in [1.807, 2.05) is 0 Å². The molecular weight excluding hydrogens is 250 g/mol. The van der Waals surface area contributed by atoms with E-state index >= 15 is 0 Å². The second kappa shape index (κ2) is 6.23. The molecular formula is C13H23NO5. The van der Waals surface area contributed by atoms with Crippen molar-refractivity contribution < 1.29 is 23.8 Å². The molecule has 1 fully saturated rings. The van der Waals surface area contributed by atoms with Gasteiger partial charge in [-0.3, -0.25) is 4.90 Å². The maximum atomic E-state index is 12.2. The second-order valence-electron chi connectivity index (χ2n) is 5.42. The van der Waals surface area contributed by atoms with Crippen LogP contribution in [-0.4, -0.2) is 48.5 Å².